The molecule has 1 N–H and O–H groups in total. The summed E-state index contributed by atoms with van der Waals surface area (Å²) in [7, 11) is -3.28. The van der Waals surface area contributed by atoms with Gasteiger partial charge in [0.15, 0.2) is 0 Å². The van der Waals surface area contributed by atoms with Crippen LogP contribution in [0.2, 0.25) is 0 Å². The molecular formula is C24H31N3O4S. The van der Waals surface area contributed by atoms with Crippen molar-refractivity contribution in [3.63, 3.8) is 0 Å². The predicted molar refractivity (Wildman–Crippen MR) is 125 cm³/mol. The molecule has 8 heteroatoms. The number of nitrogens with zero attached hydrogens (tertiary/aromatic N) is 2. The van der Waals surface area contributed by atoms with E-state index >= 15 is 0 Å². The lowest BCUT2D eigenvalue weighted by molar-refractivity contribution is -0.127. The Morgan fingerprint density at radius 3 is 2.53 bits per heavy atom. The third kappa shape index (κ3) is 5.88. The van der Waals surface area contributed by atoms with Crippen LogP contribution in [-0.4, -0.2) is 75.3 Å². The Bertz CT molecular complexity index is 1030. The number of sulfonamides is 1. The van der Waals surface area contributed by atoms with E-state index in [9.17, 15) is 13.2 Å². The van der Waals surface area contributed by atoms with Crippen LogP contribution in [0.15, 0.2) is 54.6 Å². The minimum Gasteiger partial charge on any atom is -0.371 e. The van der Waals surface area contributed by atoms with E-state index < -0.39 is 10.0 Å². The normalized spacial score (nSPS) is 19.1. The smallest absolute Gasteiger partial charge is 0.254 e. The summed E-state index contributed by atoms with van der Waals surface area (Å²) in [6.07, 6.45) is 3.82. The highest BCUT2D eigenvalue weighted by atomic mass is 32.2. The van der Waals surface area contributed by atoms with Crippen LogP contribution in [-0.2, 0) is 21.2 Å². The van der Waals surface area contributed by atoms with E-state index in [-0.39, 0.29) is 11.5 Å². The van der Waals surface area contributed by atoms with Crippen molar-refractivity contribution in [1.82, 2.24) is 9.80 Å². The number of nitrogens with one attached hydrogen (secondary N) is 1. The Morgan fingerprint density at radius 2 is 1.81 bits per heavy atom. The zero-order chi connectivity index (χ0) is 22.6. The molecule has 2 aliphatic heterocycles. The summed E-state index contributed by atoms with van der Waals surface area (Å²) in [5.74, 6) is 0.0817. The fourth-order valence-corrected chi connectivity index (χ4v) is 5.11. The highest BCUT2D eigenvalue weighted by Crippen LogP contribution is 2.31. The van der Waals surface area contributed by atoms with Crippen molar-refractivity contribution in [2.75, 3.05) is 50.3 Å². The molecule has 2 heterocycles. The summed E-state index contributed by atoms with van der Waals surface area (Å²) < 4.78 is 31.7. The third-order valence-electron chi connectivity index (χ3n) is 6.27. The van der Waals surface area contributed by atoms with E-state index in [1.807, 2.05) is 53.4 Å². The molecule has 2 aliphatic rings. The molecule has 2 aromatic carbocycles. The Balaban J connectivity index is 1.29. The van der Waals surface area contributed by atoms with Gasteiger partial charge in [-0.1, -0.05) is 30.3 Å². The molecule has 7 nitrogen and oxygen atoms in total. The van der Waals surface area contributed by atoms with Gasteiger partial charge in [0.05, 0.1) is 25.0 Å². The van der Waals surface area contributed by atoms with Crippen LogP contribution in [0.5, 0.6) is 0 Å². The molecule has 0 unspecified atom stereocenters. The lowest BCUT2D eigenvalue weighted by atomic mass is 9.89. The summed E-state index contributed by atoms with van der Waals surface area (Å²) in [6.45, 7) is 4.62. The Hall–Kier alpha value is -2.42. The van der Waals surface area contributed by atoms with Gasteiger partial charge in [-0.25, -0.2) is 8.42 Å². The summed E-state index contributed by atoms with van der Waals surface area (Å²) in [5.41, 5.74) is 2.18. The van der Waals surface area contributed by atoms with Gasteiger partial charge in [-0.3, -0.25) is 9.52 Å². The number of morpholine rings is 1. The maximum Gasteiger partial charge on any atom is 0.254 e. The van der Waals surface area contributed by atoms with E-state index in [0.29, 0.717) is 25.4 Å². The first-order valence-corrected chi connectivity index (χ1v) is 13.0. The van der Waals surface area contributed by atoms with E-state index in [2.05, 4.69) is 9.62 Å². The van der Waals surface area contributed by atoms with Gasteiger partial charge >= 0.3 is 0 Å². The minimum atomic E-state index is -3.28. The molecule has 0 radical (unpaired) electrons. The summed E-state index contributed by atoms with van der Waals surface area (Å²) in [5, 5.41) is 0. The highest BCUT2D eigenvalue weighted by Gasteiger charge is 2.41. The van der Waals surface area contributed by atoms with E-state index in [0.717, 1.165) is 56.3 Å². The molecule has 2 aromatic rings. The van der Waals surface area contributed by atoms with E-state index in [1.165, 1.54) is 0 Å². The number of benzene rings is 2. The van der Waals surface area contributed by atoms with Gasteiger partial charge in [-0.2, -0.15) is 0 Å². The van der Waals surface area contributed by atoms with Crippen molar-refractivity contribution in [2.24, 2.45) is 0 Å². The molecule has 0 bridgehead atoms. The molecular weight excluding hydrogens is 426 g/mol. The zero-order valence-corrected chi connectivity index (χ0v) is 19.3. The van der Waals surface area contributed by atoms with Crippen LogP contribution >= 0.6 is 0 Å². The second-order valence-electron chi connectivity index (χ2n) is 8.79. The fourth-order valence-electron chi connectivity index (χ4n) is 4.56. The number of amides is 1. The summed E-state index contributed by atoms with van der Waals surface area (Å²) in [6, 6.07) is 17.0. The Kier molecular flexibility index (Phi) is 6.83. The van der Waals surface area contributed by atoms with Gasteiger partial charge in [-0.15, -0.1) is 0 Å². The fraction of sp³-hybridized carbons (Fsp3) is 0.458. The number of hydrogen-bond acceptors (Lipinski definition) is 5. The average Bonchev–Trinajstić information content (AvgIpc) is 2.78. The molecule has 0 aliphatic carbocycles. The lowest BCUT2D eigenvalue weighted by Gasteiger charge is -2.47. The van der Waals surface area contributed by atoms with E-state index in [1.54, 1.807) is 6.07 Å². The summed E-state index contributed by atoms with van der Waals surface area (Å²) >= 11 is 0. The molecule has 4 rings (SSSR count). The van der Waals surface area contributed by atoms with Crippen LogP contribution in [0, 0.1) is 0 Å². The first-order valence-electron chi connectivity index (χ1n) is 11.1. The maximum atomic E-state index is 12.9. The second-order valence-corrected chi connectivity index (χ2v) is 10.5. The number of likely N-dealkylation sites (tertiary alicyclic amines) is 1. The van der Waals surface area contributed by atoms with Gasteiger partial charge in [-0.05, 0) is 49.1 Å². The lowest BCUT2D eigenvalue weighted by Crippen LogP contribution is -2.58. The second kappa shape index (κ2) is 9.60. The number of hydrogen-bond donors (Lipinski definition) is 1. The minimum absolute atomic E-state index is 0.0817. The summed E-state index contributed by atoms with van der Waals surface area (Å²) in [4.78, 5) is 17.2. The molecule has 1 amide bonds. The van der Waals surface area contributed by atoms with Crippen molar-refractivity contribution in [3.05, 3.63) is 65.7 Å². The van der Waals surface area contributed by atoms with Crippen molar-refractivity contribution in [2.45, 2.75) is 24.9 Å². The third-order valence-corrected chi connectivity index (χ3v) is 6.88. The Morgan fingerprint density at radius 1 is 1.06 bits per heavy atom. The van der Waals surface area contributed by atoms with Gasteiger partial charge in [0.2, 0.25) is 10.0 Å². The first kappa shape index (κ1) is 22.8. The molecule has 1 spiro atoms. The van der Waals surface area contributed by atoms with Crippen LogP contribution in [0.4, 0.5) is 5.69 Å². The largest absolute Gasteiger partial charge is 0.371 e. The molecule has 2 fully saturated rings. The SMILES string of the molecule is CS(=O)(=O)Nc1cccc(CCN2CCC3(CC2)CN(C(=O)c2ccccc2)CCO3)c1. The van der Waals surface area contributed by atoms with Crippen molar-refractivity contribution in [1.29, 1.82) is 0 Å². The molecule has 32 heavy (non-hydrogen) atoms. The number of ether oxygens (including phenoxy) is 1. The van der Waals surface area contributed by atoms with Gasteiger partial charge in [0.1, 0.15) is 0 Å². The molecule has 2 saturated heterocycles. The van der Waals surface area contributed by atoms with Crippen molar-refractivity contribution < 1.29 is 17.9 Å². The van der Waals surface area contributed by atoms with Crippen molar-refractivity contribution in [3.8, 4) is 0 Å². The number of piperidine rings is 1. The number of carbonyl (C=O) groups excluding carboxylic acids is 1. The first-order chi connectivity index (χ1) is 15.3. The average molecular weight is 458 g/mol. The standard InChI is InChI=1S/C24H31N3O4S/c1-32(29,30)25-22-9-5-6-20(18-22)10-13-26-14-11-24(12-15-26)19-27(16-17-31-24)23(28)21-7-3-2-4-8-21/h2-9,18,25H,10-17,19H2,1H3. The quantitative estimate of drug-likeness (QED) is 0.721. The molecule has 0 aromatic heterocycles. The van der Waals surface area contributed by atoms with Gasteiger partial charge in [0, 0.05) is 37.4 Å². The van der Waals surface area contributed by atoms with Gasteiger partial charge < -0.3 is 14.5 Å². The number of rotatable bonds is 6. The monoisotopic (exact) mass is 457 g/mol. The number of carbonyl (C=O) groups is 1. The van der Waals surface area contributed by atoms with Gasteiger partial charge in [0.25, 0.3) is 5.91 Å². The molecule has 172 valence electrons. The predicted octanol–water partition coefficient (Wildman–Crippen LogP) is 2.61. The Labute approximate surface area is 190 Å². The van der Waals surface area contributed by atoms with Crippen LogP contribution in [0.25, 0.3) is 0 Å². The topological polar surface area (TPSA) is 79.0 Å². The van der Waals surface area contributed by atoms with Crippen LogP contribution in [0.3, 0.4) is 0 Å². The number of anilines is 1. The molecule has 0 atom stereocenters. The maximum absolute atomic E-state index is 12.9. The van der Waals surface area contributed by atoms with Crippen molar-refractivity contribution >= 4 is 21.6 Å². The zero-order valence-electron chi connectivity index (χ0n) is 18.5. The van der Waals surface area contributed by atoms with E-state index in [4.69, 9.17) is 4.74 Å². The molecule has 0 saturated carbocycles. The highest BCUT2D eigenvalue weighted by molar-refractivity contribution is 7.92. The van der Waals surface area contributed by atoms with Crippen LogP contribution in [0.1, 0.15) is 28.8 Å². The van der Waals surface area contributed by atoms with Crippen LogP contribution < -0.4 is 4.72 Å².